The van der Waals surface area contributed by atoms with Crippen molar-refractivity contribution in [2.45, 2.75) is 30.8 Å². The highest BCUT2D eigenvalue weighted by molar-refractivity contribution is 7.89. The zero-order valence-electron chi connectivity index (χ0n) is 15.7. The van der Waals surface area contributed by atoms with Gasteiger partial charge in [0.25, 0.3) is 5.91 Å². The summed E-state index contributed by atoms with van der Waals surface area (Å²) in [6.07, 6.45) is -2.89. The van der Waals surface area contributed by atoms with Crippen molar-refractivity contribution in [2.24, 2.45) is 5.92 Å². The highest BCUT2D eigenvalue weighted by Crippen LogP contribution is 2.30. The van der Waals surface area contributed by atoms with E-state index in [0.717, 1.165) is 37.1 Å². The average molecular weight is 426 g/mol. The topological polar surface area (TPSA) is 66.5 Å². The number of benzene rings is 2. The molecule has 1 aliphatic heterocycles. The summed E-state index contributed by atoms with van der Waals surface area (Å²) in [5.41, 5.74) is -0.530. The molecule has 9 heteroatoms. The molecule has 1 amide bonds. The molecule has 5 nitrogen and oxygen atoms in total. The second-order valence-corrected chi connectivity index (χ2v) is 9.08. The maximum Gasteiger partial charge on any atom is 0.416 e. The fraction of sp³-hybridized carbons (Fsp3) is 0.350. The smallest absolute Gasteiger partial charge is 0.322 e. The van der Waals surface area contributed by atoms with E-state index >= 15 is 0 Å². The van der Waals surface area contributed by atoms with Crippen molar-refractivity contribution in [3.8, 4) is 0 Å². The molecule has 0 aromatic heterocycles. The maximum atomic E-state index is 12.8. The molecule has 0 aliphatic carbocycles. The van der Waals surface area contributed by atoms with E-state index in [1.165, 1.54) is 28.6 Å². The Balaban J connectivity index is 1.76. The lowest BCUT2D eigenvalue weighted by Crippen LogP contribution is -2.37. The summed E-state index contributed by atoms with van der Waals surface area (Å²) in [5.74, 6) is -0.128. The number of hydrogen-bond donors (Lipinski definition) is 1. The van der Waals surface area contributed by atoms with Crippen molar-refractivity contribution >= 4 is 21.6 Å². The summed E-state index contributed by atoms with van der Waals surface area (Å²) in [7, 11) is -3.71. The monoisotopic (exact) mass is 426 g/mol. The molecular weight excluding hydrogens is 405 g/mol. The second-order valence-electron chi connectivity index (χ2n) is 7.14. The summed E-state index contributed by atoms with van der Waals surface area (Å²) < 4.78 is 65.0. The van der Waals surface area contributed by atoms with Gasteiger partial charge in [-0.2, -0.15) is 17.5 Å². The van der Waals surface area contributed by atoms with Gasteiger partial charge >= 0.3 is 6.18 Å². The van der Waals surface area contributed by atoms with Crippen LogP contribution >= 0.6 is 0 Å². The van der Waals surface area contributed by atoms with Gasteiger partial charge in [0.15, 0.2) is 0 Å². The minimum Gasteiger partial charge on any atom is -0.322 e. The molecule has 3 rings (SSSR count). The number of nitrogens with zero attached hydrogens (tertiary/aromatic N) is 1. The van der Waals surface area contributed by atoms with Crippen LogP contribution in [0.5, 0.6) is 0 Å². The molecule has 0 radical (unpaired) electrons. The fourth-order valence-corrected chi connectivity index (χ4v) is 4.63. The third kappa shape index (κ3) is 4.97. The molecule has 1 fully saturated rings. The van der Waals surface area contributed by atoms with E-state index < -0.39 is 27.7 Å². The van der Waals surface area contributed by atoms with Gasteiger partial charge in [-0.3, -0.25) is 4.79 Å². The molecule has 1 heterocycles. The zero-order valence-corrected chi connectivity index (χ0v) is 16.6. The van der Waals surface area contributed by atoms with E-state index in [-0.39, 0.29) is 16.1 Å². The van der Waals surface area contributed by atoms with Crippen molar-refractivity contribution in [1.29, 1.82) is 0 Å². The Kier molecular flexibility index (Phi) is 6.00. The fourth-order valence-electron chi connectivity index (χ4n) is 3.12. The first-order valence-corrected chi connectivity index (χ1v) is 10.6. The Hall–Kier alpha value is -2.39. The van der Waals surface area contributed by atoms with Crippen LogP contribution in [0.2, 0.25) is 0 Å². The van der Waals surface area contributed by atoms with Gasteiger partial charge in [0.05, 0.1) is 10.5 Å². The number of carbonyl (C=O) groups is 1. The van der Waals surface area contributed by atoms with Crippen LogP contribution in [0, 0.1) is 5.92 Å². The van der Waals surface area contributed by atoms with Crippen molar-refractivity contribution in [3.05, 3.63) is 59.7 Å². The maximum absolute atomic E-state index is 12.8. The van der Waals surface area contributed by atoms with Crippen molar-refractivity contribution in [3.63, 3.8) is 0 Å². The quantitative estimate of drug-likeness (QED) is 0.789. The minimum absolute atomic E-state index is 0.0205. The lowest BCUT2D eigenvalue weighted by molar-refractivity contribution is -0.137. The van der Waals surface area contributed by atoms with Crippen LogP contribution < -0.4 is 5.32 Å². The molecule has 2 aromatic rings. The van der Waals surface area contributed by atoms with Gasteiger partial charge < -0.3 is 5.32 Å². The number of piperidine rings is 1. The summed E-state index contributed by atoms with van der Waals surface area (Å²) in [6.45, 7) is 2.95. The number of amides is 1. The van der Waals surface area contributed by atoms with Crippen LogP contribution in [0.25, 0.3) is 0 Å². The molecule has 0 unspecified atom stereocenters. The zero-order chi connectivity index (χ0) is 21.2. The van der Waals surface area contributed by atoms with Crippen LogP contribution in [0.4, 0.5) is 18.9 Å². The van der Waals surface area contributed by atoms with E-state index in [1.54, 1.807) is 0 Å². The first-order chi connectivity index (χ1) is 13.6. The van der Waals surface area contributed by atoms with E-state index in [2.05, 4.69) is 12.2 Å². The minimum atomic E-state index is -4.46. The van der Waals surface area contributed by atoms with Gasteiger partial charge in [0.1, 0.15) is 0 Å². The largest absolute Gasteiger partial charge is 0.416 e. The number of alkyl halides is 3. The summed E-state index contributed by atoms with van der Waals surface area (Å²) >= 11 is 0. The molecule has 0 bridgehead atoms. The Labute approximate surface area is 167 Å². The van der Waals surface area contributed by atoms with E-state index in [4.69, 9.17) is 0 Å². The number of hydrogen-bond acceptors (Lipinski definition) is 3. The molecular formula is C20H21F3N2O3S. The molecule has 1 saturated heterocycles. The molecule has 0 atom stereocenters. The molecule has 29 heavy (non-hydrogen) atoms. The van der Waals surface area contributed by atoms with Crippen molar-refractivity contribution in [2.75, 3.05) is 18.4 Å². The van der Waals surface area contributed by atoms with Crippen LogP contribution in [0.15, 0.2) is 53.4 Å². The number of carbonyl (C=O) groups excluding carboxylic acids is 1. The third-order valence-corrected chi connectivity index (χ3v) is 6.84. The van der Waals surface area contributed by atoms with Gasteiger partial charge in [-0.05, 0) is 61.2 Å². The number of nitrogens with one attached hydrogen (secondary N) is 1. The summed E-state index contributed by atoms with van der Waals surface area (Å²) in [4.78, 5) is 12.5. The van der Waals surface area contributed by atoms with Gasteiger partial charge in [-0.1, -0.05) is 13.0 Å². The van der Waals surface area contributed by atoms with Crippen molar-refractivity contribution < 1.29 is 26.4 Å². The molecule has 1 N–H and O–H groups in total. The van der Waals surface area contributed by atoms with Gasteiger partial charge in [0, 0.05) is 24.3 Å². The highest BCUT2D eigenvalue weighted by Gasteiger charge is 2.30. The lowest BCUT2D eigenvalue weighted by Gasteiger charge is -2.29. The van der Waals surface area contributed by atoms with Crippen LogP contribution in [-0.2, 0) is 16.2 Å². The number of rotatable bonds is 4. The normalized spacial score (nSPS) is 16.6. The predicted molar refractivity (Wildman–Crippen MR) is 103 cm³/mol. The first-order valence-electron chi connectivity index (χ1n) is 9.16. The molecule has 156 valence electrons. The van der Waals surface area contributed by atoms with Crippen LogP contribution in [-0.4, -0.2) is 31.7 Å². The van der Waals surface area contributed by atoms with Crippen molar-refractivity contribution in [1.82, 2.24) is 4.31 Å². The summed E-state index contributed by atoms with van der Waals surface area (Å²) in [5, 5.41) is 2.49. The molecule has 2 aromatic carbocycles. The van der Waals surface area contributed by atoms with Gasteiger partial charge in [-0.25, -0.2) is 8.42 Å². The Bertz CT molecular complexity index is 981. The van der Waals surface area contributed by atoms with Gasteiger partial charge in [0.2, 0.25) is 10.0 Å². The van der Waals surface area contributed by atoms with Crippen LogP contribution in [0.1, 0.15) is 35.7 Å². The number of halogens is 3. The summed E-state index contributed by atoms with van der Waals surface area (Å²) in [6, 6.07) is 9.68. The molecule has 0 spiro atoms. The lowest BCUT2D eigenvalue weighted by atomic mass is 10.0. The first kappa shape index (κ1) is 21.3. The standard InChI is InChI=1S/C20H21F3N2O3S/c1-14-9-11-25(12-10-14)29(27,28)18-4-2-3-15(13-18)19(26)24-17-7-5-16(6-8-17)20(21,22)23/h2-8,13-14H,9-12H2,1H3,(H,24,26). The molecule has 1 aliphatic rings. The SMILES string of the molecule is CC1CCN(S(=O)(=O)c2cccc(C(=O)Nc3ccc(C(F)(F)F)cc3)c2)CC1. The number of sulfonamides is 1. The van der Waals surface area contributed by atoms with E-state index in [9.17, 15) is 26.4 Å². The number of anilines is 1. The Morgan fingerprint density at radius 2 is 1.69 bits per heavy atom. The Morgan fingerprint density at radius 3 is 2.28 bits per heavy atom. The third-order valence-electron chi connectivity index (χ3n) is 4.95. The van der Waals surface area contributed by atoms with E-state index in [0.29, 0.717) is 19.0 Å². The van der Waals surface area contributed by atoms with E-state index in [1.807, 2.05) is 0 Å². The van der Waals surface area contributed by atoms with Gasteiger partial charge in [-0.15, -0.1) is 0 Å². The second kappa shape index (κ2) is 8.16. The Morgan fingerprint density at radius 1 is 1.07 bits per heavy atom. The average Bonchev–Trinajstić information content (AvgIpc) is 2.68. The van der Waals surface area contributed by atoms with Crippen LogP contribution in [0.3, 0.4) is 0 Å². The highest BCUT2D eigenvalue weighted by atomic mass is 32.2. The molecule has 0 saturated carbocycles. The predicted octanol–water partition coefficient (Wildman–Crippen LogP) is 4.38.